The number of aliphatic hydroxyl groups excluding tert-OH is 1. The van der Waals surface area contributed by atoms with Gasteiger partial charge in [0.15, 0.2) is 0 Å². The second-order valence-electron chi connectivity index (χ2n) is 5.32. The molecule has 0 saturated carbocycles. The summed E-state index contributed by atoms with van der Waals surface area (Å²) in [6, 6.07) is 9.94. The first-order chi connectivity index (χ1) is 11.7. The number of carbonyl (C=O) groups is 1. The highest BCUT2D eigenvalue weighted by Crippen LogP contribution is 2.37. The fraction of sp³-hybridized carbons (Fsp3) is 0.235. The minimum absolute atomic E-state index is 0.0848. The fourth-order valence-corrected chi connectivity index (χ4v) is 2.96. The van der Waals surface area contributed by atoms with Gasteiger partial charge in [0.05, 0.1) is 6.10 Å². The SMILES string of the molecule is O=C([O-])C(Cc1cccc(SC(F)(F)F)c1)C(O)c1ccc(F)cc1. The largest absolute Gasteiger partial charge is 0.550 e. The van der Waals surface area contributed by atoms with Crippen LogP contribution in [0.15, 0.2) is 53.4 Å². The van der Waals surface area contributed by atoms with Gasteiger partial charge in [-0.1, -0.05) is 24.3 Å². The third-order valence-corrected chi connectivity index (χ3v) is 4.20. The molecule has 25 heavy (non-hydrogen) atoms. The standard InChI is InChI=1S/C17H14F4O3S/c18-12-6-4-11(5-7-12)15(22)14(16(23)24)9-10-2-1-3-13(8-10)25-17(19,20)21/h1-8,14-15,22H,9H2,(H,23,24)/p-1. The van der Waals surface area contributed by atoms with Gasteiger partial charge in [-0.05, 0) is 53.6 Å². The van der Waals surface area contributed by atoms with Crippen LogP contribution < -0.4 is 5.11 Å². The van der Waals surface area contributed by atoms with E-state index in [0.717, 1.165) is 12.1 Å². The van der Waals surface area contributed by atoms with Gasteiger partial charge in [0.25, 0.3) is 0 Å². The molecule has 0 aromatic heterocycles. The molecular formula is C17H13F4O3S-. The lowest BCUT2D eigenvalue weighted by Crippen LogP contribution is -2.36. The molecule has 0 aliphatic heterocycles. The summed E-state index contributed by atoms with van der Waals surface area (Å²) in [6.07, 6.45) is -1.71. The van der Waals surface area contributed by atoms with Crippen LogP contribution in [0, 0.1) is 11.7 Å². The summed E-state index contributed by atoms with van der Waals surface area (Å²) in [5.41, 5.74) is -3.97. The van der Waals surface area contributed by atoms with Crippen molar-refractivity contribution < 1.29 is 32.6 Å². The Morgan fingerprint density at radius 3 is 2.36 bits per heavy atom. The van der Waals surface area contributed by atoms with Crippen molar-refractivity contribution in [2.75, 3.05) is 0 Å². The summed E-state index contributed by atoms with van der Waals surface area (Å²) in [5.74, 6) is -3.49. The molecule has 2 aromatic carbocycles. The number of carboxylic acid groups (broad SMARTS) is 1. The number of alkyl halides is 3. The first-order valence-electron chi connectivity index (χ1n) is 7.15. The molecule has 0 amide bonds. The number of hydrogen-bond donors (Lipinski definition) is 1. The topological polar surface area (TPSA) is 60.4 Å². The van der Waals surface area contributed by atoms with Crippen LogP contribution in [0.5, 0.6) is 0 Å². The second-order valence-corrected chi connectivity index (χ2v) is 6.46. The minimum atomic E-state index is -4.46. The predicted octanol–water partition coefficient (Wildman–Crippen LogP) is 3.08. The Labute approximate surface area is 145 Å². The van der Waals surface area contributed by atoms with Crippen molar-refractivity contribution >= 4 is 17.7 Å². The maximum absolute atomic E-state index is 12.9. The molecule has 0 saturated heterocycles. The Bertz CT molecular complexity index is 731. The number of hydrogen-bond acceptors (Lipinski definition) is 4. The summed E-state index contributed by atoms with van der Waals surface area (Å²) < 4.78 is 50.2. The summed E-state index contributed by atoms with van der Waals surface area (Å²) in [5, 5.41) is 21.6. The van der Waals surface area contributed by atoms with Crippen molar-refractivity contribution in [3.05, 3.63) is 65.5 Å². The molecule has 8 heteroatoms. The maximum Gasteiger partial charge on any atom is 0.446 e. The summed E-state index contributed by atoms with van der Waals surface area (Å²) >= 11 is -0.310. The third kappa shape index (κ3) is 5.75. The lowest BCUT2D eigenvalue weighted by Gasteiger charge is -2.24. The molecular weight excluding hydrogens is 360 g/mol. The van der Waals surface area contributed by atoms with Crippen LogP contribution in [0.1, 0.15) is 17.2 Å². The van der Waals surface area contributed by atoms with Crippen LogP contribution in [0.4, 0.5) is 17.6 Å². The Hall–Kier alpha value is -2.06. The van der Waals surface area contributed by atoms with Crippen molar-refractivity contribution in [1.82, 2.24) is 0 Å². The average molecular weight is 373 g/mol. The molecule has 3 nitrogen and oxygen atoms in total. The van der Waals surface area contributed by atoms with Crippen molar-refractivity contribution in [3.63, 3.8) is 0 Å². The number of rotatable bonds is 6. The van der Waals surface area contributed by atoms with Gasteiger partial charge in [-0.3, -0.25) is 0 Å². The molecule has 0 spiro atoms. The predicted molar refractivity (Wildman–Crippen MR) is 81.9 cm³/mol. The van der Waals surface area contributed by atoms with Crippen molar-refractivity contribution in [2.45, 2.75) is 22.9 Å². The van der Waals surface area contributed by atoms with E-state index in [1.54, 1.807) is 0 Å². The van der Waals surface area contributed by atoms with Gasteiger partial charge in [0, 0.05) is 16.8 Å². The number of thioether (sulfide) groups is 1. The number of benzene rings is 2. The molecule has 0 aliphatic rings. The number of halogens is 4. The number of carbonyl (C=O) groups excluding carboxylic acids is 1. The molecule has 2 unspecified atom stereocenters. The van der Waals surface area contributed by atoms with Gasteiger partial charge >= 0.3 is 5.51 Å². The van der Waals surface area contributed by atoms with E-state index in [-0.39, 0.29) is 28.6 Å². The molecule has 0 fully saturated rings. The van der Waals surface area contributed by atoms with E-state index in [0.29, 0.717) is 5.56 Å². The molecule has 0 aliphatic carbocycles. The summed E-state index contributed by atoms with van der Waals surface area (Å²) in [4.78, 5) is 11.3. The fourth-order valence-electron chi connectivity index (χ4n) is 2.34. The van der Waals surface area contributed by atoms with Gasteiger partial charge in [-0.25, -0.2) is 4.39 Å². The zero-order chi connectivity index (χ0) is 18.6. The van der Waals surface area contributed by atoms with E-state index in [4.69, 9.17) is 0 Å². The number of aliphatic carboxylic acids is 1. The molecule has 2 aromatic rings. The van der Waals surface area contributed by atoms with E-state index in [1.165, 1.54) is 36.4 Å². The molecule has 0 bridgehead atoms. The van der Waals surface area contributed by atoms with Gasteiger partial charge in [-0.2, -0.15) is 13.2 Å². The molecule has 0 heterocycles. The highest BCUT2D eigenvalue weighted by Gasteiger charge is 2.29. The van der Waals surface area contributed by atoms with E-state index >= 15 is 0 Å². The molecule has 0 radical (unpaired) electrons. The van der Waals surface area contributed by atoms with Crippen LogP contribution in [0.2, 0.25) is 0 Å². The Morgan fingerprint density at radius 1 is 1.16 bits per heavy atom. The monoisotopic (exact) mass is 373 g/mol. The minimum Gasteiger partial charge on any atom is -0.550 e. The van der Waals surface area contributed by atoms with Gasteiger partial charge in [-0.15, -0.1) is 0 Å². The Balaban J connectivity index is 2.20. The molecule has 1 N–H and O–H groups in total. The van der Waals surface area contributed by atoms with Crippen molar-refractivity contribution in [2.24, 2.45) is 5.92 Å². The molecule has 134 valence electrons. The first-order valence-corrected chi connectivity index (χ1v) is 7.96. The summed E-state index contributed by atoms with van der Waals surface area (Å²) in [6.45, 7) is 0. The zero-order valence-corrected chi connectivity index (χ0v) is 13.5. The van der Waals surface area contributed by atoms with E-state index < -0.39 is 29.3 Å². The van der Waals surface area contributed by atoms with E-state index in [1.807, 2.05) is 0 Å². The second kappa shape index (κ2) is 7.88. The maximum atomic E-state index is 12.9. The molecule has 2 rings (SSSR count). The van der Waals surface area contributed by atoms with E-state index in [2.05, 4.69) is 0 Å². The Kier molecular flexibility index (Phi) is 6.07. The van der Waals surface area contributed by atoms with Gasteiger partial charge < -0.3 is 15.0 Å². The first kappa shape index (κ1) is 19.3. The number of aliphatic hydroxyl groups is 1. The van der Waals surface area contributed by atoms with Crippen LogP contribution in [0.25, 0.3) is 0 Å². The smallest absolute Gasteiger partial charge is 0.446 e. The number of carboxylic acids is 1. The quantitative estimate of drug-likeness (QED) is 0.625. The lowest BCUT2D eigenvalue weighted by atomic mass is 9.90. The summed E-state index contributed by atoms with van der Waals surface area (Å²) in [7, 11) is 0. The van der Waals surface area contributed by atoms with Crippen LogP contribution in [-0.2, 0) is 11.2 Å². The molecule has 2 atom stereocenters. The zero-order valence-electron chi connectivity index (χ0n) is 12.7. The average Bonchev–Trinajstić information content (AvgIpc) is 2.51. The normalized spacial score (nSPS) is 14.1. The van der Waals surface area contributed by atoms with Crippen LogP contribution >= 0.6 is 11.8 Å². The van der Waals surface area contributed by atoms with Crippen molar-refractivity contribution in [1.29, 1.82) is 0 Å². The van der Waals surface area contributed by atoms with E-state index in [9.17, 15) is 32.6 Å². The lowest BCUT2D eigenvalue weighted by molar-refractivity contribution is -0.314. The van der Waals surface area contributed by atoms with Gasteiger partial charge in [0.1, 0.15) is 5.82 Å². The highest BCUT2D eigenvalue weighted by molar-refractivity contribution is 8.00. The van der Waals surface area contributed by atoms with Crippen LogP contribution in [0.3, 0.4) is 0 Å². The Morgan fingerprint density at radius 2 is 1.80 bits per heavy atom. The highest BCUT2D eigenvalue weighted by atomic mass is 32.2. The third-order valence-electron chi connectivity index (χ3n) is 3.48. The van der Waals surface area contributed by atoms with Crippen LogP contribution in [-0.4, -0.2) is 16.6 Å². The van der Waals surface area contributed by atoms with Crippen molar-refractivity contribution in [3.8, 4) is 0 Å². The van der Waals surface area contributed by atoms with Gasteiger partial charge in [0.2, 0.25) is 0 Å².